The van der Waals surface area contributed by atoms with Crippen molar-refractivity contribution in [2.45, 2.75) is 44.6 Å². The van der Waals surface area contributed by atoms with E-state index in [9.17, 15) is 9.90 Å². The van der Waals surface area contributed by atoms with Crippen LogP contribution in [-0.4, -0.2) is 62.4 Å². The number of unbranched alkanes of at least 4 members (excludes halogenated alkanes) is 1. The summed E-state index contributed by atoms with van der Waals surface area (Å²) in [6, 6.07) is 0. The summed E-state index contributed by atoms with van der Waals surface area (Å²) in [7, 11) is 0.905. The molecule has 1 fully saturated rings. The van der Waals surface area contributed by atoms with E-state index in [0.717, 1.165) is 14.7 Å². The van der Waals surface area contributed by atoms with Gasteiger partial charge in [0.1, 0.15) is 12.3 Å². The second-order valence-corrected chi connectivity index (χ2v) is 7.84. The van der Waals surface area contributed by atoms with E-state index in [0.29, 0.717) is 18.7 Å². The van der Waals surface area contributed by atoms with Gasteiger partial charge in [0.05, 0.1) is 25.6 Å². The van der Waals surface area contributed by atoms with E-state index in [1.165, 1.54) is 25.3 Å². The molecule has 0 amide bonds. The number of nitrogens with one attached hydrogen (secondary N) is 1. The summed E-state index contributed by atoms with van der Waals surface area (Å²) in [6.07, 6.45) is 5.82. The fourth-order valence-corrected chi connectivity index (χ4v) is 4.19. The van der Waals surface area contributed by atoms with Crippen molar-refractivity contribution in [2.75, 3.05) is 31.3 Å². The number of nitrogen functional groups attached to an aromatic ring is 1. The van der Waals surface area contributed by atoms with Gasteiger partial charge in [0.2, 0.25) is 5.95 Å². The molecule has 1 saturated heterocycles. The number of anilines is 1. The lowest BCUT2D eigenvalue weighted by molar-refractivity contribution is -0.0580. The molecule has 0 radical (unpaired) electrons. The minimum Gasteiger partial charge on any atom is -0.394 e. The van der Waals surface area contributed by atoms with E-state index in [1.54, 1.807) is 4.57 Å². The monoisotopic (exact) mass is 383 g/mol. The SMILES string of the molecule is CCCCPCCOC1CC(n2cnc3c(=O)[nH]c(N)nc32)OC1CO. The molecule has 0 aromatic carbocycles. The number of aliphatic hydroxyl groups excluding tert-OH is 1. The zero-order valence-electron chi connectivity index (χ0n) is 14.9. The molecule has 0 aliphatic carbocycles. The predicted molar refractivity (Wildman–Crippen MR) is 101 cm³/mol. The highest BCUT2D eigenvalue weighted by atomic mass is 31.1. The van der Waals surface area contributed by atoms with Crippen LogP contribution in [0, 0.1) is 0 Å². The molecule has 26 heavy (non-hydrogen) atoms. The molecule has 1 aliphatic rings. The van der Waals surface area contributed by atoms with Gasteiger partial charge in [-0.05, 0) is 18.7 Å². The van der Waals surface area contributed by atoms with Crippen molar-refractivity contribution in [1.29, 1.82) is 0 Å². The number of imidazole rings is 1. The molecule has 3 rings (SSSR count). The van der Waals surface area contributed by atoms with Crippen LogP contribution in [0.3, 0.4) is 0 Å². The first kappa shape index (κ1) is 19.2. The van der Waals surface area contributed by atoms with Gasteiger partial charge in [-0.3, -0.25) is 14.3 Å². The third-order valence-corrected chi connectivity index (χ3v) is 5.70. The average Bonchev–Trinajstić information content (AvgIpc) is 3.21. The Balaban J connectivity index is 1.64. The van der Waals surface area contributed by atoms with E-state index < -0.39 is 12.3 Å². The van der Waals surface area contributed by atoms with Gasteiger partial charge in [0, 0.05) is 6.42 Å². The Bertz CT molecular complexity index is 780. The minimum absolute atomic E-state index is 0.0295. The van der Waals surface area contributed by atoms with Crippen molar-refractivity contribution < 1.29 is 14.6 Å². The fraction of sp³-hybridized carbons (Fsp3) is 0.688. The molecule has 4 unspecified atom stereocenters. The maximum absolute atomic E-state index is 11.9. The predicted octanol–water partition coefficient (Wildman–Crippen LogP) is 0.845. The summed E-state index contributed by atoms with van der Waals surface area (Å²) in [5.41, 5.74) is 5.83. The van der Waals surface area contributed by atoms with Gasteiger partial charge in [0.15, 0.2) is 11.2 Å². The van der Waals surface area contributed by atoms with Crippen molar-refractivity contribution in [3.8, 4) is 0 Å². The van der Waals surface area contributed by atoms with Gasteiger partial charge in [-0.15, -0.1) is 8.58 Å². The summed E-state index contributed by atoms with van der Waals surface area (Å²) in [6.45, 7) is 2.73. The summed E-state index contributed by atoms with van der Waals surface area (Å²) in [5.74, 6) is 0.0295. The zero-order valence-corrected chi connectivity index (χ0v) is 15.9. The van der Waals surface area contributed by atoms with Gasteiger partial charge >= 0.3 is 0 Å². The minimum atomic E-state index is -0.407. The molecule has 0 saturated carbocycles. The standard InChI is InChI=1S/C16H26N5O4P/c1-2-3-5-26-6-4-24-10-7-12(25-11(10)8-22)21-9-18-13-14(21)19-16(17)20-15(13)23/h9-12,22,26H,2-8H2,1H3,(H3,17,19,20,23). The summed E-state index contributed by atoms with van der Waals surface area (Å²) < 4.78 is 13.5. The first-order chi connectivity index (χ1) is 12.6. The van der Waals surface area contributed by atoms with Crippen LogP contribution in [0.4, 0.5) is 5.95 Å². The van der Waals surface area contributed by atoms with Crippen molar-refractivity contribution in [3.05, 3.63) is 16.7 Å². The van der Waals surface area contributed by atoms with E-state index in [1.807, 2.05) is 0 Å². The molecule has 9 nitrogen and oxygen atoms in total. The van der Waals surface area contributed by atoms with Crippen LogP contribution in [0.25, 0.3) is 11.2 Å². The van der Waals surface area contributed by atoms with Crippen LogP contribution in [0.15, 0.2) is 11.1 Å². The third kappa shape index (κ3) is 4.23. The number of aromatic nitrogens is 4. The molecule has 10 heteroatoms. The van der Waals surface area contributed by atoms with Crippen molar-refractivity contribution in [2.24, 2.45) is 0 Å². The highest BCUT2D eigenvalue weighted by molar-refractivity contribution is 7.37. The van der Waals surface area contributed by atoms with Crippen molar-refractivity contribution in [1.82, 2.24) is 19.5 Å². The number of H-pyrrole nitrogens is 1. The van der Waals surface area contributed by atoms with Gasteiger partial charge < -0.3 is 20.3 Å². The fourth-order valence-electron chi connectivity index (χ4n) is 3.07. The number of fused-ring (bicyclic) bond motifs is 1. The molecule has 1 aliphatic heterocycles. The van der Waals surface area contributed by atoms with E-state index in [-0.39, 0.29) is 29.7 Å². The van der Waals surface area contributed by atoms with Gasteiger partial charge in [0.25, 0.3) is 5.56 Å². The topological polar surface area (TPSA) is 128 Å². The highest BCUT2D eigenvalue weighted by Gasteiger charge is 2.37. The Morgan fingerprint density at radius 1 is 1.54 bits per heavy atom. The Morgan fingerprint density at radius 2 is 2.38 bits per heavy atom. The Labute approximate surface area is 153 Å². The number of aliphatic hydroxyl groups is 1. The van der Waals surface area contributed by atoms with E-state index >= 15 is 0 Å². The molecule has 3 heterocycles. The van der Waals surface area contributed by atoms with E-state index in [2.05, 4.69) is 21.9 Å². The smallest absolute Gasteiger partial charge is 0.280 e. The van der Waals surface area contributed by atoms with Crippen molar-refractivity contribution in [3.63, 3.8) is 0 Å². The van der Waals surface area contributed by atoms with Crippen LogP contribution < -0.4 is 11.3 Å². The maximum Gasteiger partial charge on any atom is 0.280 e. The molecule has 0 bridgehead atoms. The number of nitrogens with two attached hydrogens (primary N) is 1. The molecule has 4 atom stereocenters. The Kier molecular flexibility index (Phi) is 6.58. The summed E-state index contributed by atoms with van der Waals surface area (Å²) in [5, 5.41) is 9.61. The lowest BCUT2D eigenvalue weighted by Crippen LogP contribution is -2.28. The largest absolute Gasteiger partial charge is 0.394 e. The van der Waals surface area contributed by atoms with Crippen molar-refractivity contribution >= 4 is 25.7 Å². The quantitative estimate of drug-likeness (QED) is 0.432. The number of ether oxygens (including phenoxy) is 2. The number of nitrogens with zero attached hydrogens (tertiary/aromatic N) is 3. The summed E-state index contributed by atoms with van der Waals surface area (Å²) >= 11 is 0. The summed E-state index contributed by atoms with van der Waals surface area (Å²) in [4.78, 5) is 22.6. The molecule has 144 valence electrons. The average molecular weight is 383 g/mol. The second kappa shape index (κ2) is 8.90. The second-order valence-electron chi connectivity index (χ2n) is 6.34. The third-order valence-electron chi connectivity index (χ3n) is 4.44. The van der Waals surface area contributed by atoms with Gasteiger partial charge in [-0.25, -0.2) is 4.98 Å². The lowest BCUT2D eigenvalue weighted by atomic mass is 10.2. The van der Waals surface area contributed by atoms with Gasteiger partial charge in [-0.2, -0.15) is 4.98 Å². The first-order valence-corrected chi connectivity index (χ1v) is 10.4. The van der Waals surface area contributed by atoms with Crippen LogP contribution in [-0.2, 0) is 9.47 Å². The molecule has 0 spiro atoms. The lowest BCUT2D eigenvalue weighted by Gasteiger charge is -2.16. The molecular formula is C16H26N5O4P. The zero-order chi connectivity index (χ0) is 18.5. The Morgan fingerprint density at radius 3 is 3.15 bits per heavy atom. The number of hydrogen-bond acceptors (Lipinski definition) is 7. The molecule has 4 N–H and O–H groups in total. The van der Waals surface area contributed by atoms with Crippen LogP contribution in [0.5, 0.6) is 0 Å². The van der Waals surface area contributed by atoms with Gasteiger partial charge in [-0.1, -0.05) is 13.3 Å². The molecule has 2 aromatic heterocycles. The van der Waals surface area contributed by atoms with Crippen LogP contribution in [0.1, 0.15) is 32.4 Å². The first-order valence-electron chi connectivity index (χ1n) is 8.95. The number of rotatable bonds is 9. The van der Waals surface area contributed by atoms with Crippen LogP contribution >= 0.6 is 8.58 Å². The number of aromatic amines is 1. The maximum atomic E-state index is 11.9. The molecule has 2 aromatic rings. The number of hydrogen-bond donors (Lipinski definition) is 3. The highest BCUT2D eigenvalue weighted by Crippen LogP contribution is 2.32. The normalized spacial score (nSPS) is 23.5. The molecular weight excluding hydrogens is 357 g/mol. The van der Waals surface area contributed by atoms with Crippen LogP contribution in [0.2, 0.25) is 0 Å². The Hall–Kier alpha value is -1.54. The van der Waals surface area contributed by atoms with E-state index in [4.69, 9.17) is 15.2 Å².